The van der Waals surface area contributed by atoms with Gasteiger partial charge in [-0.3, -0.25) is 0 Å². The molecular weight excluding hydrogens is 204 g/mol. The molecule has 1 aliphatic rings. The fraction of sp³-hybridized carbons (Fsp3) is 0.647. The van der Waals surface area contributed by atoms with E-state index in [0.717, 1.165) is 11.8 Å². The third-order valence-electron chi connectivity index (χ3n) is 2.67. The standard InChI is InChI=1S/C11H14.C4H10.2CH4/c1-9-5-4-7-10-6-2-3-8-11(9)10;1-4(2)3;;/h2-3,6,8-9H,4-5,7H2,1H3;4H,1-3H3;2*1H4. The van der Waals surface area contributed by atoms with Crippen molar-refractivity contribution in [1.82, 2.24) is 0 Å². The number of fused-ring (bicyclic) bond motifs is 1. The minimum Gasteiger partial charge on any atom is -0.0776 e. The van der Waals surface area contributed by atoms with Crippen molar-refractivity contribution in [3.05, 3.63) is 35.4 Å². The summed E-state index contributed by atoms with van der Waals surface area (Å²) in [4.78, 5) is 0. The van der Waals surface area contributed by atoms with Crippen LogP contribution < -0.4 is 0 Å². The molecule has 0 heteroatoms. The molecule has 0 saturated heterocycles. The van der Waals surface area contributed by atoms with E-state index >= 15 is 0 Å². The highest BCUT2D eigenvalue weighted by Gasteiger charge is 2.14. The molecule has 1 aromatic carbocycles. The highest BCUT2D eigenvalue weighted by atomic mass is 14.2. The van der Waals surface area contributed by atoms with Crippen LogP contribution in [0.1, 0.15) is 72.4 Å². The SMILES string of the molecule is C.C.CC(C)C.CC1CCCc2ccccc21. The Bertz CT molecular complexity index is 283. The highest BCUT2D eigenvalue weighted by Crippen LogP contribution is 2.30. The minimum absolute atomic E-state index is 0. The molecule has 0 bridgehead atoms. The van der Waals surface area contributed by atoms with E-state index in [0.29, 0.717) is 0 Å². The van der Waals surface area contributed by atoms with Gasteiger partial charge in [0.05, 0.1) is 0 Å². The molecule has 0 spiro atoms. The van der Waals surface area contributed by atoms with Gasteiger partial charge in [-0.1, -0.05) is 66.8 Å². The largest absolute Gasteiger partial charge is 0.0776 e. The van der Waals surface area contributed by atoms with Crippen molar-refractivity contribution in [2.24, 2.45) is 5.92 Å². The van der Waals surface area contributed by atoms with Gasteiger partial charge in [0.1, 0.15) is 0 Å². The van der Waals surface area contributed by atoms with Crippen LogP contribution in [-0.2, 0) is 6.42 Å². The maximum atomic E-state index is 2.33. The highest BCUT2D eigenvalue weighted by molar-refractivity contribution is 5.31. The van der Waals surface area contributed by atoms with Crippen molar-refractivity contribution in [3.63, 3.8) is 0 Å². The Kier molecular flexibility index (Phi) is 10.1. The second-order valence-corrected chi connectivity index (χ2v) is 5.22. The molecule has 0 fully saturated rings. The van der Waals surface area contributed by atoms with Gasteiger partial charge in [0.25, 0.3) is 0 Å². The van der Waals surface area contributed by atoms with E-state index in [2.05, 4.69) is 52.0 Å². The Hall–Kier alpha value is -0.780. The molecule has 1 atom stereocenters. The zero-order chi connectivity index (χ0) is 11.3. The molecule has 0 heterocycles. The number of hydrogen-bond acceptors (Lipinski definition) is 0. The number of rotatable bonds is 0. The van der Waals surface area contributed by atoms with E-state index in [9.17, 15) is 0 Å². The zero-order valence-corrected chi connectivity index (χ0v) is 10.6. The van der Waals surface area contributed by atoms with Gasteiger partial charge in [0, 0.05) is 0 Å². The van der Waals surface area contributed by atoms with Gasteiger partial charge >= 0.3 is 0 Å². The molecule has 17 heavy (non-hydrogen) atoms. The first-order chi connectivity index (χ1) is 7.11. The first-order valence-electron chi connectivity index (χ1n) is 6.19. The second-order valence-electron chi connectivity index (χ2n) is 5.22. The van der Waals surface area contributed by atoms with Gasteiger partial charge in [-0.2, -0.15) is 0 Å². The third kappa shape index (κ3) is 6.51. The van der Waals surface area contributed by atoms with E-state index in [1.807, 2.05) is 0 Å². The van der Waals surface area contributed by atoms with Crippen LogP contribution in [0.3, 0.4) is 0 Å². The average molecular weight is 236 g/mol. The van der Waals surface area contributed by atoms with Crippen molar-refractivity contribution in [3.8, 4) is 0 Å². The fourth-order valence-corrected chi connectivity index (χ4v) is 2.00. The first kappa shape index (κ1) is 18.6. The molecule has 0 N–H and O–H groups in total. The van der Waals surface area contributed by atoms with Gasteiger partial charge < -0.3 is 0 Å². The lowest BCUT2D eigenvalue weighted by atomic mass is 9.84. The van der Waals surface area contributed by atoms with Crippen LogP contribution in [0.25, 0.3) is 0 Å². The zero-order valence-electron chi connectivity index (χ0n) is 10.6. The van der Waals surface area contributed by atoms with Crippen LogP contribution in [0.5, 0.6) is 0 Å². The molecule has 1 unspecified atom stereocenters. The molecule has 0 nitrogen and oxygen atoms in total. The molecule has 0 aromatic heterocycles. The predicted molar refractivity (Wildman–Crippen MR) is 81.8 cm³/mol. The molecule has 1 aromatic rings. The monoisotopic (exact) mass is 236 g/mol. The lowest BCUT2D eigenvalue weighted by Crippen LogP contribution is -2.05. The molecule has 2 rings (SSSR count). The summed E-state index contributed by atoms with van der Waals surface area (Å²) in [6.07, 6.45) is 4.04. The van der Waals surface area contributed by atoms with Crippen LogP contribution in [0.4, 0.5) is 0 Å². The molecule has 0 saturated carbocycles. The van der Waals surface area contributed by atoms with Gasteiger partial charge in [-0.25, -0.2) is 0 Å². The van der Waals surface area contributed by atoms with E-state index in [1.54, 1.807) is 11.1 Å². The predicted octanol–water partition coefficient (Wildman–Crippen LogP) is 6.06. The maximum absolute atomic E-state index is 2.33. The molecular formula is C17H32. The Morgan fingerprint density at radius 1 is 1.06 bits per heavy atom. The van der Waals surface area contributed by atoms with Crippen molar-refractivity contribution in [1.29, 1.82) is 0 Å². The molecule has 1 aliphatic carbocycles. The van der Waals surface area contributed by atoms with E-state index in [1.165, 1.54) is 19.3 Å². The number of benzene rings is 1. The smallest absolute Gasteiger partial charge is 0.0188 e. The number of hydrogen-bond donors (Lipinski definition) is 0. The molecule has 0 radical (unpaired) electrons. The van der Waals surface area contributed by atoms with Crippen LogP contribution in [-0.4, -0.2) is 0 Å². The summed E-state index contributed by atoms with van der Waals surface area (Å²) in [6.45, 7) is 8.83. The van der Waals surface area contributed by atoms with Crippen molar-refractivity contribution in [2.45, 2.75) is 67.7 Å². The third-order valence-corrected chi connectivity index (χ3v) is 2.67. The van der Waals surface area contributed by atoms with E-state index in [-0.39, 0.29) is 14.9 Å². The quantitative estimate of drug-likeness (QED) is 0.513. The maximum Gasteiger partial charge on any atom is -0.0188 e. The van der Waals surface area contributed by atoms with Crippen molar-refractivity contribution in [2.75, 3.05) is 0 Å². The van der Waals surface area contributed by atoms with Crippen LogP contribution in [0.2, 0.25) is 0 Å². The normalized spacial score (nSPS) is 16.9. The van der Waals surface area contributed by atoms with Gasteiger partial charge in [0.15, 0.2) is 0 Å². The first-order valence-corrected chi connectivity index (χ1v) is 6.19. The Morgan fingerprint density at radius 2 is 1.59 bits per heavy atom. The summed E-state index contributed by atoms with van der Waals surface area (Å²) in [5.74, 6) is 1.62. The Labute approximate surface area is 109 Å². The topological polar surface area (TPSA) is 0 Å². The van der Waals surface area contributed by atoms with Gasteiger partial charge in [0.2, 0.25) is 0 Å². The fourth-order valence-electron chi connectivity index (χ4n) is 2.00. The van der Waals surface area contributed by atoms with Gasteiger partial charge in [-0.15, -0.1) is 0 Å². The summed E-state index contributed by atoms with van der Waals surface area (Å²) in [5, 5.41) is 0. The lowest BCUT2D eigenvalue weighted by molar-refractivity contribution is 0.590. The molecule has 0 amide bonds. The summed E-state index contributed by atoms with van der Waals surface area (Å²) in [5.41, 5.74) is 3.16. The van der Waals surface area contributed by atoms with Crippen molar-refractivity contribution < 1.29 is 0 Å². The molecule has 100 valence electrons. The van der Waals surface area contributed by atoms with Crippen LogP contribution >= 0.6 is 0 Å². The summed E-state index contributed by atoms with van der Waals surface area (Å²) < 4.78 is 0. The summed E-state index contributed by atoms with van der Waals surface area (Å²) >= 11 is 0. The minimum atomic E-state index is 0. The van der Waals surface area contributed by atoms with E-state index in [4.69, 9.17) is 0 Å². The summed E-state index contributed by atoms with van der Waals surface area (Å²) in [6, 6.07) is 8.85. The van der Waals surface area contributed by atoms with Gasteiger partial charge in [-0.05, 0) is 42.2 Å². The number of aryl methyl sites for hydroxylation is 1. The lowest BCUT2D eigenvalue weighted by Gasteiger charge is -2.21. The van der Waals surface area contributed by atoms with E-state index < -0.39 is 0 Å². The Balaban J connectivity index is 0. The average Bonchev–Trinajstić information content (AvgIpc) is 2.18. The Morgan fingerprint density at radius 3 is 2.12 bits per heavy atom. The second kappa shape index (κ2) is 9.27. The van der Waals surface area contributed by atoms with Crippen LogP contribution in [0, 0.1) is 5.92 Å². The van der Waals surface area contributed by atoms with Crippen molar-refractivity contribution >= 4 is 0 Å². The van der Waals surface area contributed by atoms with Crippen LogP contribution in [0.15, 0.2) is 24.3 Å². The molecule has 0 aliphatic heterocycles. The summed E-state index contributed by atoms with van der Waals surface area (Å²) in [7, 11) is 0.